The van der Waals surface area contributed by atoms with Crippen molar-refractivity contribution in [1.29, 1.82) is 0 Å². The van der Waals surface area contributed by atoms with Crippen LogP contribution in [-0.2, 0) is 20.7 Å². The molecule has 0 saturated heterocycles. The van der Waals surface area contributed by atoms with Crippen molar-refractivity contribution in [2.24, 2.45) is 0 Å². The van der Waals surface area contributed by atoms with Gasteiger partial charge in [0.2, 0.25) is 0 Å². The van der Waals surface area contributed by atoms with E-state index in [-0.39, 0.29) is 6.42 Å². The molecule has 0 radical (unpaired) electrons. The van der Waals surface area contributed by atoms with Crippen molar-refractivity contribution in [3.8, 4) is 15.6 Å². The fourth-order valence-electron chi connectivity index (χ4n) is 3.45. The molecule has 5 aromatic rings. The lowest BCUT2D eigenvalue weighted by atomic mass is 10.1. The van der Waals surface area contributed by atoms with Crippen LogP contribution in [0.4, 0.5) is 5.69 Å². The van der Waals surface area contributed by atoms with Crippen LogP contribution < -0.4 is 10.1 Å². The standard InChI is InChI=1S/C24H18N2O5S2/c1-29-20-10-16-15-5-2-3-6-18(15)31-19(16)11-17(20)26-22(27)12-30-23(28)9-14-13-33-24(25-14)21-7-4-8-32-21/h2-8,10-11,13H,9,12H2,1H3,(H,26,27). The lowest BCUT2D eigenvalue weighted by molar-refractivity contribution is -0.146. The van der Waals surface area contributed by atoms with Crippen LogP contribution in [0.1, 0.15) is 5.69 Å². The highest BCUT2D eigenvalue weighted by Crippen LogP contribution is 2.36. The first-order valence-electron chi connectivity index (χ1n) is 10.0. The maximum absolute atomic E-state index is 12.4. The van der Waals surface area contributed by atoms with Gasteiger partial charge in [-0.25, -0.2) is 4.98 Å². The van der Waals surface area contributed by atoms with Gasteiger partial charge in [-0.15, -0.1) is 22.7 Å². The van der Waals surface area contributed by atoms with Crippen molar-refractivity contribution in [3.63, 3.8) is 0 Å². The number of para-hydroxylation sites is 1. The van der Waals surface area contributed by atoms with Gasteiger partial charge in [-0.3, -0.25) is 9.59 Å². The van der Waals surface area contributed by atoms with Crippen LogP contribution in [0.25, 0.3) is 31.8 Å². The van der Waals surface area contributed by atoms with Crippen LogP contribution >= 0.6 is 22.7 Å². The van der Waals surface area contributed by atoms with Crippen LogP contribution in [0.2, 0.25) is 0 Å². The first-order chi connectivity index (χ1) is 16.1. The van der Waals surface area contributed by atoms with Gasteiger partial charge in [-0.2, -0.15) is 0 Å². The number of methoxy groups -OCH3 is 1. The summed E-state index contributed by atoms with van der Waals surface area (Å²) in [4.78, 5) is 30.1. The Morgan fingerprint density at radius 3 is 2.76 bits per heavy atom. The molecule has 5 rings (SSSR count). The summed E-state index contributed by atoms with van der Waals surface area (Å²) in [7, 11) is 1.53. The van der Waals surface area contributed by atoms with Gasteiger partial charge in [0.15, 0.2) is 6.61 Å². The molecule has 0 aliphatic rings. The zero-order valence-corrected chi connectivity index (χ0v) is 19.1. The SMILES string of the molecule is COc1cc2c(cc1NC(=O)COC(=O)Cc1csc(-c3cccs3)n1)oc1ccccc12. The smallest absolute Gasteiger partial charge is 0.312 e. The topological polar surface area (TPSA) is 90.7 Å². The monoisotopic (exact) mass is 478 g/mol. The highest BCUT2D eigenvalue weighted by Gasteiger charge is 2.16. The Kier molecular flexibility index (Phi) is 5.80. The summed E-state index contributed by atoms with van der Waals surface area (Å²) in [6, 6.07) is 15.1. The Hall–Kier alpha value is -3.69. The Labute approximate surface area is 196 Å². The van der Waals surface area contributed by atoms with E-state index in [9.17, 15) is 9.59 Å². The van der Waals surface area contributed by atoms with Crippen molar-refractivity contribution in [2.45, 2.75) is 6.42 Å². The number of hydrogen-bond acceptors (Lipinski definition) is 8. The molecule has 0 aliphatic heterocycles. The maximum Gasteiger partial charge on any atom is 0.312 e. The summed E-state index contributed by atoms with van der Waals surface area (Å²) in [5.41, 5.74) is 2.42. The van der Waals surface area contributed by atoms with Gasteiger partial charge in [0.05, 0.1) is 29.8 Å². The molecule has 1 N–H and O–H groups in total. The molecule has 2 aromatic carbocycles. The Balaban J connectivity index is 1.22. The number of hydrogen-bond donors (Lipinski definition) is 1. The highest BCUT2D eigenvalue weighted by molar-refractivity contribution is 7.20. The molecule has 0 aliphatic carbocycles. The second-order valence-electron chi connectivity index (χ2n) is 7.15. The number of benzene rings is 2. The molecule has 0 spiro atoms. The molecule has 0 saturated carbocycles. The third-order valence-electron chi connectivity index (χ3n) is 4.95. The molecule has 7 nitrogen and oxygen atoms in total. The predicted molar refractivity (Wildman–Crippen MR) is 129 cm³/mol. The van der Waals surface area contributed by atoms with Gasteiger partial charge in [-0.1, -0.05) is 24.3 Å². The van der Waals surface area contributed by atoms with E-state index in [1.165, 1.54) is 18.4 Å². The van der Waals surface area contributed by atoms with Crippen LogP contribution in [0.5, 0.6) is 5.75 Å². The summed E-state index contributed by atoms with van der Waals surface area (Å²) in [5.74, 6) is -0.514. The van der Waals surface area contributed by atoms with E-state index in [0.29, 0.717) is 22.7 Å². The molecule has 166 valence electrons. The van der Waals surface area contributed by atoms with Gasteiger partial charge < -0.3 is 19.2 Å². The Bertz CT molecular complexity index is 1450. The van der Waals surface area contributed by atoms with Crippen molar-refractivity contribution in [3.05, 3.63) is 65.0 Å². The number of ether oxygens (including phenoxy) is 2. The fourth-order valence-corrected chi connectivity index (χ4v) is 5.08. The van der Waals surface area contributed by atoms with Crippen molar-refractivity contribution in [2.75, 3.05) is 19.0 Å². The molecule has 0 bridgehead atoms. The number of carbonyl (C=O) groups excluding carboxylic acids is 2. The molecule has 0 fully saturated rings. The van der Waals surface area contributed by atoms with E-state index in [1.807, 2.05) is 53.2 Å². The van der Waals surface area contributed by atoms with E-state index in [1.54, 1.807) is 17.4 Å². The summed E-state index contributed by atoms with van der Waals surface area (Å²) in [6.07, 6.45) is 0.00339. The van der Waals surface area contributed by atoms with Crippen LogP contribution in [0.15, 0.2) is 63.7 Å². The molecule has 33 heavy (non-hydrogen) atoms. The Morgan fingerprint density at radius 2 is 1.94 bits per heavy atom. The van der Waals surface area contributed by atoms with Gasteiger partial charge in [-0.05, 0) is 23.6 Å². The van der Waals surface area contributed by atoms with Gasteiger partial charge in [0.25, 0.3) is 5.91 Å². The van der Waals surface area contributed by atoms with Crippen molar-refractivity contribution < 1.29 is 23.5 Å². The lowest BCUT2D eigenvalue weighted by Gasteiger charge is -2.10. The first-order valence-corrected chi connectivity index (χ1v) is 11.8. The minimum Gasteiger partial charge on any atom is -0.495 e. The number of anilines is 1. The van der Waals surface area contributed by atoms with Crippen molar-refractivity contribution in [1.82, 2.24) is 4.98 Å². The first kappa shape index (κ1) is 21.2. The lowest BCUT2D eigenvalue weighted by Crippen LogP contribution is -2.22. The molecule has 9 heteroatoms. The number of nitrogens with one attached hydrogen (secondary N) is 1. The van der Waals surface area contributed by atoms with Gasteiger partial charge >= 0.3 is 5.97 Å². The maximum atomic E-state index is 12.4. The zero-order valence-electron chi connectivity index (χ0n) is 17.5. The quantitative estimate of drug-likeness (QED) is 0.311. The molecular weight excluding hydrogens is 460 g/mol. The van der Waals surface area contributed by atoms with E-state index >= 15 is 0 Å². The number of carbonyl (C=O) groups is 2. The minimum absolute atomic E-state index is 0.00339. The van der Waals surface area contributed by atoms with E-state index < -0.39 is 18.5 Å². The number of furan rings is 1. The third-order valence-corrected chi connectivity index (χ3v) is 6.88. The second-order valence-corrected chi connectivity index (χ2v) is 8.96. The van der Waals surface area contributed by atoms with E-state index in [2.05, 4.69) is 10.3 Å². The Morgan fingerprint density at radius 1 is 1.06 bits per heavy atom. The summed E-state index contributed by atoms with van der Waals surface area (Å²) in [5, 5.41) is 9.23. The number of fused-ring (bicyclic) bond motifs is 3. The van der Waals surface area contributed by atoms with Crippen LogP contribution in [0.3, 0.4) is 0 Å². The normalized spacial score (nSPS) is 11.1. The number of amides is 1. The average Bonchev–Trinajstić information content (AvgIpc) is 3.56. The van der Waals surface area contributed by atoms with Crippen molar-refractivity contribution >= 4 is 62.2 Å². The predicted octanol–water partition coefficient (Wildman–Crippen LogP) is 5.50. The molecule has 0 atom stereocenters. The number of thiazole rings is 1. The minimum atomic E-state index is -0.520. The number of esters is 1. The van der Waals surface area contributed by atoms with Crippen LogP contribution in [-0.4, -0.2) is 30.6 Å². The fraction of sp³-hybridized carbons (Fsp3) is 0.125. The number of aromatic nitrogens is 1. The highest BCUT2D eigenvalue weighted by atomic mass is 32.1. The molecule has 0 unspecified atom stereocenters. The molecule has 3 heterocycles. The van der Waals surface area contributed by atoms with E-state index in [4.69, 9.17) is 13.9 Å². The number of thiophene rings is 1. The summed E-state index contributed by atoms with van der Waals surface area (Å²) < 4.78 is 16.5. The summed E-state index contributed by atoms with van der Waals surface area (Å²) >= 11 is 3.06. The number of rotatable bonds is 7. The van der Waals surface area contributed by atoms with E-state index in [0.717, 1.165) is 26.2 Å². The second kappa shape index (κ2) is 9.05. The third kappa shape index (κ3) is 4.46. The molecule has 3 aromatic heterocycles. The average molecular weight is 479 g/mol. The molecule has 1 amide bonds. The van der Waals surface area contributed by atoms with Crippen LogP contribution in [0, 0.1) is 0 Å². The number of nitrogens with zero attached hydrogens (tertiary/aromatic N) is 1. The largest absolute Gasteiger partial charge is 0.495 e. The molecular formula is C24H18N2O5S2. The zero-order chi connectivity index (χ0) is 22.8. The van der Waals surface area contributed by atoms with Gasteiger partial charge in [0.1, 0.15) is 21.9 Å². The van der Waals surface area contributed by atoms with Gasteiger partial charge in [0, 0.05) is 22.2 Å². The summed E-state index contributed by atoms with van der Waals surface area (Å²) in [6.45, 7) is -0.415.